The molecule has 7 heteroatoms. The number of anilines is 1. The summed E-state index contributed by atoms with van der Waals surface area (Å²) in [5.74, 6) is -0.300. The Morgan fingerprint density at radius 3 is 2.58 bits per heavy atom. The smallest absolute Gasteiger partial charge is 0.387 e. The molecule has 0 saturated heterocycles. The molecule has 1 N–H and O–H groups in total. The molecule has 1 amide bonds. The lowest BCUT2D eigenvalue weighted by molar-refractivity contribution is -0.113. The zero-order valence-electron chi connectivity index (χ0n) is 13.4. The van der Waals surface area contributed by atoms with E-state index >= 15 is 0 Å². The van der Waals surface area contributed by atoms with Crippen molar-refractivity contribution in [2.24, 2.45) is 0 Å². The lowest BCUT2D eigenvalue weighted by Crippen LogP contribution is -2.15. The van der Waals surface area contributed by atoms with Gasteiger partial charge in [-0.25, -0.2) is 0 Å². The van der Waals surface area contributed by atoms with E-state index < -0.39 is 6.61 Å². The fourth-order valence-electron chi connectivity index (χ4n) is 2.48. The molecule has 0 heterocycles. The van der Waals surface area contributed by atoms with Crippen LogP contribution in [-0.2, 0) is 4.79 Å². The molecule has 0 aliphatic carbocycles. The van der Waals surface area contributed by atoms with Crippen LogP contribution in [0.5, 0.6) is 5.75 Å². The van der Waals surface area contributed by atoms with Gasteiger partial charge >= 0.3 is 6.61 Å². The summed E-state index contributed by atoms with van der Waals surface area (Å²) >= 11 is 7.60. The molecule has 0 saturated carbocycles. The summed E-state index contributed by atoms with van der Waals surface area (Å²) < 4.78 is 29.3. The first-order valence-corrected chi connectivity index (χ1v) is 9.04. The van der Waals surface area contributed by atoms with Crippen LogP contribution in [0.2, 0.25) is 5.02 Å². The Hall–Kier alpha value is -2.31. The quantitative estimate of drug-likeness (QED) is 0.536. The summed E-state index contributed by atoms with van der Waals surface area (Å²) in [5.41, 5.74) is 0.203. The molecule has 3 nitrogen and oxygen atoms in total. The normalized spacial score (nSPS) is 10.9. The van der Waals surface area contributed by atoms with E-state index in [0.29, 0.717) is 5.02 Å². The molecule has 3 aromatic carbocycles. The van der Waals surface area contributed by atoms with Crippen molar-refractivity contribution in [1.29, 1.82) is 0 Å². The Morgan fingerprint density at radius 1 is 1.08 bits per heavy atom. The summed E-state index contributed by atoms with van der Waals surface area (Å²) in [6.45, 7) is -2.96. The number of thioether (sulfide) groups is 1. The molecular weight excluding hydrogens is 380 g/mol. The van der Waals surface area contributed by atoms with E-state index in [-0.39, 0.29) is 23.1 Å². The van der Waals surface area contributed by atoms with Crippen LogP contribution in [0.4, 0.5) is 14.5 Å². The molecule has 0 aliphatic rings. The molecule has 0 bridgehead atoms. The van der Waals surface area contributed by atoms with Gasteiger partial charge in [-0.3, -0.25) is 4.79 Å². The zero-order chi connectivity index (χ0) is 18.5. The van der Waals surface area contributed by atoms with E-state index in [0.717, 1.165) is 15.7 Å². The molecule has 0 radical (unpaired) electrons. The molecule has 26 heavy (non-hydrogen) atoms. The van der Waals surface area contributed by atoms with Gasteiger partial charge in [-0.2, -0.15) is 8.78 Å². The van der Waals surface area contributed by atoms with Gasteiger partial charge in [0.2, 0.25) is 5.91 Å². The Labute approximate surface area is 158 Å². The third-order valence-electron chi connectivity index (χ3n) is 3.55. The molecule has 0 aromatic heterocycles. The number of alkyl halides is 2. The zero-order valence-corrected chi connectivity index (χ0v) is 15.0. The van der Waals surface area contributed by atoms with Crippen LogP contribution in [0.15, 0.2) is 65.6 Å². The van der Waals surface area contributed by atoms with Crippen LogP contribution in [0.3, 0.4) is 0 Å². The Kier molecular flexibility index (Phi) is 5.96. The van der Waals surface area contributed by atoms with Crippen LogP contribution in [0.1, 0.15) is 0 Å². The topological polar surface area (TPSA) is 38.3 Å². The number of nitrogens with one attached hydrogen (secondary N) is 1. The summed E-state index contributed by atoms with van der Waals surface area (Å²) in [6.07, 6.45) is 0. The highest BCUT2D eigenvalue weighted by Crippen LogP contribution is 2.33. The lowest BCUT2D eigenvalue weighted by atomic mass is 10.1. The largest absolute Gasteiger partial charge is 0.433 e. The van der Waals surface area contributed by atoms with Crippen molar-refractivity contribution >= 4 is 45.7 Å². The third-order valence-corrected chi connectivity index (χ3v) is 4.92. The minimum absolute atomic E-state index is 0.0749. The van der Waals surface area contributed by atoms with Gasteiger partial charge in [0.25, 0.3) is 0 Å². The summed E-state index contributed by atoms with van der Waals surface area (Å²) in [4.78, 5) is 13.1. The second kappa shape index (κ2) is 8.38. The van der Waals surface area contributed by atoms with Crippen molar-refractivity contribution in [3.8, 4) is 5.75 Å². The first-order valence-electron chi connectivity index (χ1n) is 7.68. The number of hydrogen-bond acceptors (Lipinski definition) is 3. The van der Waals surface area contributed by atoms with Crippen LogP contribution in [0.25, 0.3) is 10.8 Å². The predicted octanol–water partition coefficient (Wildman–Crippen LogP) is 5.83. The van der Waals surface area contributed by atoms with Crippen LogP contribution < -0.4 is 10.1 Å². The van der Waals surface area contributed by atoms with Crippen molar-refractivity contribution in [1.82, 2.24) is 0 Å². The molecule has 3 aromatic rings. The van der Waals surface area contributed by atoms with Gasteiger partial charge in [0.05, 0.1) is 11.4 Å². The van der Waals surface area contributed by atoms with Crippen molar-refractivity contribution in [3.63, 3.8) is 0 Å². The second-order valence-corrected chi connectivity index (χ2v) is 6.73. The SMILES string of the molecule is O=C(CSc1cccc2cccc(Cl)c12)Nc1ccccc1OC(F)F. The average molecular weight is 394 g/mol. The fourth-order valence-corrected chi connectivity index (χ4v) is 3.73. The number of carbonyl (C=O) groups excluding carboxylic acids is 1. The highest BCUT2D eigenvalue weighted by Gasteiger charge is 2.13. The molecule has 3 rings (SSSR count). The van der Waals surface area contributed by atoms with Crippen molar-refractivity contribution in [3.05, 3.63) is 65.7 Å². The number of halogens is 3. The molecule has 0 aliphatic heterocycles. The summed E-state index contributed by atoms with van der Waals surface area (Å²) in [5, 5.41) is 5.08. The number of fused-ring (bicyclic) bond motifs is 1. The molecule has 0 atom stereocenters. The highest BCUT2D eigenvalue weighted by molar-refractivity contribution is 8.00. The van der Waals surface area contributed by atoms with E-state index in [4.69, 9.17) is 11.6 Å². The van der Waals surface area contributed by atoms with Crippen LogP contribution in [-0.4, -0.2) is 18.3 Å². The predicted molar refractivity (Wildman–Crippen MR) is 101 cm³/mol. The molecule has 0 fully saturated rings. The van der Waals surface area contributed by atoms with Gasteiger partial charge in [0.1, 0.15) is 5.75 Å². The highest BCUT2D eigenvalue weighted by atomic mass is 35.5. The number of benzene rings is 3. The Bertz CT molecular complexity index is 931. The van der Waals surface area contributed by atoms with Gasteiger partial charge in [-0.05, 0) is 29.7 Å². The van der Waals surface area contributed by atoms with Crippen molar-refractivity contribution in [2.45, 2.75) is 11.5 Å². The third kappa shape index (κ3) is 4.45. The van der Waals surface area contributed by atoms with Crippen molar-refractivity contribution < 1.29 is 18.3 Å². The van der Waals surface area contributed by atoms with Gasteiger partial charge < -0.3 is 10.1 Å². The van der Waals surface area contributed by atoms with Gasteiger partial charge in [-0.1, -0.05) is 48.0 Å². The Morgan fingerprint density at radius 2 is 1.81 bits per heavy atom. The van der Waals surface area contributed by atoms with E-state index in [2.05, 4.69) is 10.1 Å². The summed E-state index contributed by atoms with van der Waals surface area (Å²) in [6, 6.07) is 17.4. The molecule has 0 unspecified atom stereocenters. The second-order valence-electron chi connectivity index (χ2n) is 5.31. The first kappa shape index (κ1) is 18.5. The van der Waals surface area contributed by atoms with Gasteiger partial charge in [0, 0.05) is 15.3 Å². The minimum atomic E-state index is -2.96. The van der Waals surface area contributed by atoms with E-state index in [1.165, 1.54) is 23.9 Å². The monoisotopic (exact) mass is 393 g/mol. The standard InChI is InChI=1S/C19H14ClF2NO2S/c20-13-7-3-5-12-6-4-10-16(18(12)13)26-11-17(24)23-14-8-1-2-9-15(14)25-19(21)22/h1-10,19H,11H2,(H,23,24). The van der Waals surface area contributed by atoms with Crippen molar-refractivity contribution in [2.75, 3.05) is 11.1 Å². The van der Waals surface area contributed by atoms with Crippen LogP contribution >= 0.6 is 23.4 Å². The Balaban J connectivity index is 1.71. The minimum Gasteiger partial charge on any atom is -0.433 e. The molecule has 0 spiro atoms. The number of amides is 1. The maximum atomic E-state index is 12.4. The number of ether oxygens (including phenoxy) is 1. The summed E-state index contributed by atoms with van der Waals surface area (Å²) in [7, 11) is 0. The first-order chi connectivity index (χ1) is 12.5. The van der Waals surface area contributed by atoms with E-state index in [1.54, 1.807) is 18.2 Å². The lowest BCUT2D eigenvalue weighted by Gasteiger charge is -2.12. The maximum absolute atomic E-state index is 12.4. The average Bonchev–Trinajstić information content (AvgIpc) is 2.61. The van der Waals surface area contributed by atoms with E-state index in [9.17, 15) is 13.6 Å². The molecular formula is C19H14ClF2NO2S. The van der Waals surface area contributed by atoms with Gasteiger partial charge in [0.15, 0.2) is 0 Å². The number of rotatable bonds is 6. The maximum Gasteiger partial charge on any atom is 0.387 e. The molecule has 134 valence electrons. The van der Waals surface area contributed by atoms with E-state index in [1.807, 2.05) is 30.3 Å². The fraction of sp³-hybridized carbons (Fsp3) is 0.105. The van der Waals surface area contributed by atoms with Crippen LogP contribution in [0, 0.1) is 0 Å². The number of carbonyl (C=O) groups is 1. The number of para-hydroxylation sites is 2. The number of hydrogen-bond donors (Lipinski definition) is 1. The van der Waals surface area contributed by atoms with Gasteiger partial charge in [-0.15, -0.1) is 11.8 Å².